The molecule has 1 saturated heterocycles. The van der Waals surface area contributed by atoms with Gasteiger partial charge in [-0.3, -0.25) is 14.6 Å². The molecule has 2 amide bonds. The Kier molecular flexibility index (Phi) is 5.87. The quantitative estimate of drug-likeness (QED) is 0.709. The lowest BCUT2D eigenvalue weighted by Gasteiger charge is -2.27. The van der Waals surface area contributed by atoms with Crippen LogP contribution in [0.1, 0.15) is 55.8 Å². The molecule has 29 heavy (non-hydrogen) atoms. The first-order valence-corrected chi connectivity index (χ1v) is 10.4. The van der Waals surface area contributed by atoms with Gasteiger partial charge in [-0.25, -0.2) is 0 Å². The number of pyridine rings is 1. The largest absolute Gasteiger partial charge is 0.340 e. The van der Waals surface area contributed by atoms with Crippen molar-refractivity contribution in [2.24, 2.45) is 0 Å². The Morgan fingerprint density at radius 1 is 1.31 bits per heavy atom. The van der Waals surface area contributed by atoms with Gasteiger partial charge in [0.05, 0.1) is 12.5 Å². The van der Waals surface area contributed by atoms with E-state index in [1.165, 1.54) is 6.42 Å². The highest BCUT2D eigenvalue weighted by Crippen LogP contribution is 2.35. The van der Waals surface area contributed by atoms with E-state index in [9.17, 15) is 9.59 Å². The molecule has 154 valence electrons. The van der Waals surface area contributed by atoms with E-state index in [1.807, 2.05) is 21.9 Å². The summed E-state index contributed by atoms with van der Waals surface area (Å²) < 4.78 is 5.37. The average Bonchev–Trinajstić information content (AvgIpc) is 3.31. The number of hydrogen-bond acceptors (Lipinski definition) is 6. The fraction of sp³-hybridized carbons (Fsp3) is 0.571. The second-order valence-corrected chi connectivity index (χ2v) is 7.96. The molecule has 3 heterocycles. The standard InChI is InChI=1S/C21H27N5O3/c1-15(27)26(11-8-19-23-21(29-24-19)17-5-2-6-17)18-7-10-25(14-18)20(28)12-16-4-3-9-22-13-16/h3-4,9,13,17-18H,2,5-8,10-12,14H2,1H3. The SMILES string of the molecule is CC(=O)N(CCc1noc(C2CCC2)n1)C1CCN(C(=O)Cc2cccnc2)C1. The number of likely N-dealkylation sites (tertiary alicyclic amines) is 1. The monoisotopic (exact) mass is 397 g/mol. The van der Waals surface area contributed by atoms with E-state index < -0.39 is 0 Å². The molecular weight excluding hydrogens is 370 g/mol. The van der Waals surface area contributed by atoms with Crippen LogP contribution in [0.2, 0.25) is 0 Å². The zero-order valence-electron chi connectivity index (χ0n) is 16.8. The van der Waals surface area contributed by atoms with E-state index in [0.29, 0.717) is 44.2 Å². The van der Waals surface area contributed by atoms with E-state index in [0.717, 1.165) is 30.7 Å². The number of amides is 2. The van der Waals surface area contributed by atoms with E-state index >= 15 is 0 Å². The third kappa shape index (κ3) is 4.63. The summed E-state index contributed by atoms with van der Waals surface area (Å²) in [6.07, 6.45) is 8.57. The summed E-state index contributed by atoms with van der Waals surface area (Å²) in [4.78, 5) is 37.1. The first-order valence-electron chi connectivity index (χ1n) is 10.4. The van der Waals surface area contributed by atoms with Crippen LogP contribution in [0.25, 0.3) is 0 Å². The molecule has 1 aliphatic carbocycles. The van der Waals surface area contributed by atoms with Crippen LogP contribution in [0.5, 0.6) is 0 Å². The van der Waals surface area contributed by atoms with Gasteiger partial charge in [-0.15, -0.1) is 0 Å². The van der Waals surface area contributed by atoms with Gasteiger partial charge in [0.15, 0.2) is 5.82 Å². The molecule has 2 aliphatic rings. The highest BCUT2D eigenvalue weighted by Gasteiger charge is 2.32. The number of carbonyl (C=O) groups excluding carboxylic acids is 2. The molecule has 1 aliphatic heterocycles. The zero-order chi connectivity index (χ0) is 20.2. The second kappa shape index (κ2) is 8.71. The molecule has 8 heteroatoms. The van der Waals surface area contributed by atoms with Crippen molar-refractivity contribution in [2.45, 2.75) is 57.4 Å². The number of hydrogen-bond donors (Lipinski definition) is 0. The number of rotatable bonds is 7. The van der Waals surface area contributed by atoms with Gasteiger partial charge in [0.1, 0.15) is 0 Å². The van der Waals surface area contributed by atoms with Crippen LogP contribution in [0.15, 0.2) is 29.0 Å². The molecule has 2 aromatic heterocycles. The summed E-state index contributed by atoms with van der Waals surface area (Å²) in [7, 11) is 0. The third-order valence-corrected chi connectivity index (χ3v) is 5.95. The van der Waals surface area contributed by atoms with Crippen LogP contribution in [-0.2, 0) is 22.4 Å². The lowest BCUT2D eigenvalue weighted by molar-refractivity contribution is -0.133. The van der Waals surface area contributed by atoms with Crippen molar-refractivity contribution in [3.8, 4) is 0 Å². The van der Waals surface area contributed by atoms with Crippen molar-refractivity contribution in [3.63, 3.8) is 0 Å². The molecule has 2 aromatic rings. The normalized spacial score (nSPS) is 19.2. The Morgan fingerprint density at radius 3 is 2.86 bits per heavy atom. The summed E-state index contributed by atoms with van der Waals surface area (Å²) in [5.41, 5.74) is 0.906. The Morgan fingerprint density at radius 2 is 2.17 bits per heavy atom. The molecule has 0 radical (unpaired) electrons. The maximum Gasteiger partial charge on any atom is 0.229 e. The molecule has 0 bridgehead atoms. The van der Waals surface area contributed by atoms with Crippen LogP contribution < -0.4 is 0 Å². The van der Waals surface area contributed by atoms with Crippen molar-refractivity contribution in [2.75, 3.05) is 19.6 Å². The van der Waals surface area contributed by atoms with Crippen LogP contribution in [-0.4, -0.2) is 62.4 Å². The van der Waals surface area contributed by atoms with Crippen LogP contribution in [0.4, 0.5) is 0 Å². The average molecular weight is 397 g/mol. The van der Waals surface area contributed by atoms with Crippen LogP contribution in [0.3, 0.4) is 0 Å². The van der Waals surface area contributed by atoms with Crippen LogP contribution >= 0.6 is 0 Å². The minimum Gasteiger partial charge on any atom is -0.340 e. The van der Waals surface area contributed by atoms with E-state index in [2.05, 4.69) is 15.1 Å². The second-order valence-electron chi connectivity index (χ2n) is 7.96. The topological polar surface area (TPSA) is 92.4 Å². The molecule has 2 fully saturated rings. The van der Waals surface area contributed by atoms with Gasteiger partial charge in [0.2, 0.25) is 17.7 Å². The predicted molar refractivity (Wildman–Crippen MR) is 105 cm³/mol. The van der Waals surface area contributed by atoms with Gasteiger partial charge in [0, 0.05) is 51.3 Å². The predicted octanol–water partition coefficient (Wildman–Crippen LogP) is 1.97. The van der Waals surface area contributed by atoms with Gasteiger partial charge >= 0.3 is 0 Å². The van der Waals surface area contributed by atoms with Gasteiger partial charge in [-0.05, 0) is 30.9 Å². The van der Waals surface area contributed by atoms with Crippen molar-refractivity contribution < 1.29 is 14.1 Å². The molecule has 8 nitrogen and oxygen atoms in total. The molecule has 1 atom stereocenters. The van der Waals surface area contributed by atoms with Gasteiger partial charge in [-0.2, -0.15) is 4.98 Å². The lowest BCUT2D eigenvalue weighted by atomic mass is 9.85. The Balaban J connectivity index is 1.31. The number of carbonyl (C=O) groups is 2. The molecule has 0 N–H and O–H groups in total. The van der Waals surface area contributed by atoms with E-state index in [1.54, 1.807) is 19.3 Å². The Labute approximate surface area is 170 Å². The van der Waals surface area contributed by atoms with Crippen molar-refractivity contribution in [1.29, 1.82) is 0 Å². The summed E-state index contributed by atoms with van der Waals surface area (Å²) in [6, 6.07) is 3.77. The summed E-state index contributed by atoms with van der Waals surface area (Å²) in [6.45, 7) is 3.35. The molecule has 0 spiro atoms. The lowest BCUT2D eigenvalue weighted by Crippen LogP contribution is -2.43. The summed E-state index contributed by atoms with van der Waals surface area (Å²) in [5.74, 6) is 1.88. The molecule has 4 rings (SSSR count). The highest BCUT2D eigenvalue weighted by molar-refractivity contribution is 5.79. The maximum absolute atomic E-state index is 12.6. The Bertz CT molecular complexity index is 849. The first kappa shape index (κ1) is 19.5. The fourth-order valence-corrected chi connectivity index (χ4v) is 4.02. The van der Waals surface area contributed by atoms with E-state index in [4.69, 9.17) is 4.52 Å². The molecule has 0 aromatic carbocycles. The maximum atomic E-state index is 12.6. The minimum atomic E-state index is 0.0132. The summed E-state index contributed by atoms with van der Waals surface area (Å²) >= 11 is 0. The van der Waals surface area contributed by atoms with Gasteiger partial charge < -0.3 is 14.3 Å². The van der Waals surface area contributed by atoms with Gasteiger partial charge in [-0.1, -0.05) is 17.6 Å². The first-order chi connectivity index (χ1) is 14.1. The van der Waals surface area contributed by atoms with Crippen molar-refractivity contribution >= 4 is 11.8 Å². The van der Waals surface area contributed by atoms with Crippen LogP contribution in [0, 0.1) is 0 Å². The molecular formula is C21H27N5O3. The van der Waals surface area contributed by atoms with E-state index in [-0.39, 0.29) is 17.9 Å². The van der Waals surface area contributed by atoms with Crippen molar-refractivity contribution in [1.82, 2.24) is 24.9 Å². The van der Waals surface area contributed by atoms with Gasteiger partial charge in [0.25, 0.3) is 0 Å². The fourth-order valence-electron chi connectivity index (χ4n) is 4.02. The smallest absolute Gasteiger partial charge is 0.229 e. The number of aromatic nitrogens is 3. The molecule has 1 unspecified atom stereocenters. The highest BCUT2D eigenvalue weighted by atomic mass is 16.5. The third-order valence-electron chi connectivity index (χ3n) is 5.95. The zero-order valence-corrected chi connectivity index (χ0v) is 16.8. The number of nitrogens with zero attached hydrogens (tertiary/aromatic N) is 5. The minimum absolute atomic E-state index is 0.0132. The summed E-state index contributed by atoms with van der Waals surface area (Å²) in [5, 5.41) is 4.07. The van der Waals surface area contributed by atoms with Crippen molar-refractivity contribution in [3.05, 3.63) is 41.8 Å². The Hall–Kier alpha value is -2.77. The molecule has 1 saturated carbocycles.